The molecule has 3 aromatic rings. The minimum Gasteiger partial charge on any atom is -0.492 e. The van der Waals surface area contributed by atoms with Gasteiger partial charge in [-0.1, -0.05) is 30.3 Å². The lowest BCUT2D eigenvalue weighted by Gasteiger charge is -2.10. The maximum atomic E-state index is 12.4. The van der Waals surface area contributed by atoms with E-state index in [9.17, 15) is 9.59 Å². The van der Waals surface area contributed by atoms with E-state index in [0.29, 0.717) is 33.6 Å². The van der Waals surface area contributed by atoms with Gasteiger partial charge in [0, 0.05) is 23.2 Å². The highest BCUT2D eigenvalue weighted by Crippen LogP contribution is 2.26. The number of nitrogens with two attached hydrogens (primary N) is 1. The molecule has 3 N–H and O–H groups in total. The Balaban J connectivity index is 1.59. The Morgan fingerprint density at radius 1 is 0.929 bits per heavy atom. The molecule has 0 heterocycles. The molecule has 0 spiro atoms. The number of benzene rings is 3. The SMILES string of the molecule is NC(=O)c1ccc(NC(=O)c2ccc(OCCc3ccccc3)c(Br)c2)cc1. The second-order valence-electron chi connectivity index (χ2n) is 6.12. The van der Waals surface area contributed by atoms with E-state index in [1.165, 1.54) is 5.56 Å². The Hall–Kier alpha value is -3.12. The number of amides is 2. The number of nitrogens with one attached hydrogen (secondary N) is 1. The van der Waals surface area contributed by atoms with Gasteiger partial charge in [-0.3, -0.25) is 9.59 Å². The average molecular weight is 439 g/mol. The molecule has 0 aliphatic carbocycles. The van der Waals surface area contributed by atoms with E-state index < -0.39 is 5.91 Å². The van der Waals surface area contributed by atoms with Crippen LogP contribution in [-0.2, 0) is 6.42 Å². The minimum atomic E-state index is -0.510. The Morgan fingerprint density at radius 2 is 1.61 bits per heavy atom. The molecule has 0 atom stereocenters. The Labute approximate surface area is 171 Å². The van der Waals surface area contributed by atoms with E-state index in [1.807, 2.05) is 18.2 Å². The van der Waals surface area contributed by atoms with Crippen LogP contribution in [0, 0.1) is 0 Å². The average Bonchev–Trinajstić information content (AvgIpc) is 2.70. The van der Waals surface area contributed by atoms with Gasteiger partial charge in [0.15, 0.2) is 0 Å². The zero-order chi connectivity index (χ0) is 19.9. The summed E-state index contributed by atoms with van der Waals surface area (Å²) < 4.78 is 6.51. The number of hydrogen-bond acceptors (Lipinski definition) is 3. The number of rotatable bonds is 7. The third kappa shape index (κ3) is 5.20. The van der Waals surface area contributed by atoms with Crippen LogP contribution < -0.4 is 15.8 Å². The topological polar surface area (TPSA) is 81.4 Å². The van der Waals surface area contributed by atoms with Crippen molar-refractivity contribution in [2.75, 3.05) is 11.9 Å². The van der Waals surface area contributed by atoms with Crippen molar-refractivity contribution in [1.82, 2.24) is 0 Å². The molecule has 0 aromatic heterocycles. The molecular weight excluding hydrogens is 420 g/mol. The van der Waals surface area contributed by atoms with Crippen LogP contribution in [0.5, 0.6) is 5.75 Å². The van der Waals surface area contributed by atoms with Gasteiger partial charge in [0.2, 0.25) is 5.91 Å². The highest BCUT2D eigenvalue weighted by Gasteiger charge is 2.10. The molecule has 0 radical (unpaired) electrons. The molecular formula is C22H19BrN2O3. The summed E-state index contributed by atoms with van der Waals surface area (Å²) in [5.74, 6) is -0.0914. The summed E-state index contributed by atoms with van der Waals surface area (Å²) in [6, 6.07) is 21.7. The lowest BCUT2D eigenvalue weighted by Crippen LogP contribution is -2.13. The van der Waals surface area contributed by atoms with Gasteiger partial charge in [-0.2, -0.15) is 0 Å². The molecule has 0 saturated carbocycles. The van der Waals surface area contributed by atoms with Crippen molar-refractivity contribution in [3.63, 3.8) is 0 Å². The molecule has 0 fully saturated rings. The molecule has 0 bridgehead atoms. The fourth-order valence-electron chi connectivity index (χ4n) is 2.60. The fourth-order valence-corrected chi connectivity index (χ4v) is 3.10. The number of halogens is 1. The van der Waals surface area contributed by atoms with Crippen molar-refractivity contribution in [3.05, 3.63) is 94.0 Å². The Morgan fingerprint density at radius 3 is 2.25 bits per heavy atom. The van der Waals surface area contributed by atoms with Crippen molar-refractivity contribution in [3.8, 4) is 5.75 Å². The van der Waals surface area contributed by atoms with E-state index in [2.05, 4.69) is 33.4 Å². The first-order valence-electron chi connectivity index (χ1n) is 8.70. The van der Waals surface area contributed by atoms with Gasteiger partial charge in [0.25, 0.3) is 5.91 Å². The molecule has 2 amide bonds. The van der Waals surface area contributed by atoms with Crippen LogP contribution in [0.15, 0.2) is 77.3 Å². The fraction of sp³-hybridized carbons (Fsp3) is 0.0909. The Bertz CT molecular complexity index is 973. The van der Waals surface area contributed by atoms with Crippen LogP contribution >= 0.6 is 15.9 Å². The summed E-state index contributed by atoms with van der Waals surface area (Å²) in [4.78, 5) is 23.5. The smallest absolute Gasteiger partial charge is 0.255 e. The standard InChI is InChI=1S/C22H19BrN2O3/c23-19-14-17(22(27)25-18-9-6-16(7-10-18)21(24)26)8-11-20(19)28-13-12-15-4-2-1-3-5-15/h1-11,14H,12-13H2,(H2,24,26)(H,25,27). The summed E-state index contributed by atoms with van der Waals surface area (Å²) in [6.45, 7) is 0.542. The summed E-state index contributed by atoms with van der Waals surface area (Å²) in [6.07, 6.45) is 0.802. The zero-order valence-corrected chi connectivity index (χ0v) is 16.6. The maximum absolute atomic E-state index is 12.4. The first-order valence-corrected chi connectivity index (χ1v) is 9.50. The number of anilines is 1. The monoisotopic (exact) mass is 438 g/mol. The second-order valence-corrected chi connectivity index (χ2v) is 6.98. The first kappa shape index (κ1) is 19.6. The molecule has 0 aliphatic heterocycles. The predicted octanol–water partition coefficient (Wildman–Crippen LogP) is 4.42. The minimum absolute atomic E-state index is 0.261. The number of primary amides is 1. The van der Waals surface area contributed by atoms with Crippen LogP contribution in [0.25, 0.3) is 0 Å². The van der Waals surface area contributed by atoms with Crippen molar-refractivity contribution in [2.24, 2.45) is 5.73 Å². The normalized spacial score (nSPS) is 10.3. The lowest BCUT2D eigenvalue weighted by molar-refractivity contribution is 0.0998. The van der Waals surface area contributed by atoms with Crippen LogP contribution in [0.1, 0.15) is 26.3 Å². The largest absolute Gasteiger partial charge is 0.492 e. The van der Waals surface area contributed by atoms with E-state index in [0.717, 1.165) is 6.42 Å². The molecule has 0 saturated heterocycles. The second kappa shape index (κ2) is 9.19. The van der Waals surface area contributed by atoms with Crippen LogP contribution in [0.3, 0.4) is 0 Å². The highest BCUT2D eigenvalue weighted by atomic mass is 79.9. The molecule has 3 aromatic carbocycles. The van der Waals surface area contributed by atoms with Gasteiger partial charge >= 0.3 is 0 Å². The van der Waals surface area contributed by atoms with E-state index in [-0.39, 0.29) is 5.91 Å². The van der Waals surface area contributed by atoms with Crippen LogP contribution in [0.4, 0.5) is 5.69 Å². The lowest BCUT2D eigenvalue weighted by atomic mass is 10.1. The van der Waals surface area contributed by atoms with Crippen molar-refractivity contribution in [1.29, 1.82) is 0 Å². The van der Waals surface area contributed by atoms with Crippen molar-refractivity contribution < 1.29 is 14.3 Å². The summed E-state index contributed by atoms with van der Waals surface area (Å²) in [5, 5.41) is 2.78. The highest BCUT2D eigenvalue weighted by molar-refractivity contribution is 9.10. The molecule has 6 heteroatoms. The molecule has 3 rings (SSSR count). The van der Waals surface area contributed by atoms with Gasteiger partial charge in [-0.25, -0.2) is 0 Å². The van der Waals surface area contributed by atoms with Gasteiger partial charge in [-0.15, -0.1) is 0 Å². The van der Waals surface area contributed by atoms with Crippen molar-refractivity contribution >= 4 is 33.4 Å². The zero-order valence-electron chi connectivity index (χ0n) is 15.0. The van der Waals surface area contributed by atoms with E-state index in [1.54, 1.807) is 42.5 Å². The number of hydrogen-bond donors (Lipinski definition) is 2. The van der Waals surface area contributed by atoms with Gasteiger partial charge in [0.1, 0.15) is 5.75 Å². The van der Waals surface area contributed by atoms with Crippen molar-refractivity contribution in [2.45, 2.75) is 6.42 Å². The molecule has 28 heavy (non-hydrogen) atoms. The van der Waals surface area contributed by atoms with E-state index in [4.69, 9.17) is 10.5 Å². The van der Waals surface area contributed by atoms with Gasteiger partial charge < -0.3 is 15.8 Å². The predicted molar refractivity (Wildman–Crippen MR) is 113 cm³/mol. The molecule has 0 unspecified atom stereocenters. The van der Waals surface area contributed by atoms with Gasteiger partial charge in [0.05, 0.1) is 11.1 Å². The number of carbonyl (C=O) groups is 2. The number of carbonyl (C=O) groups excluding carboxylic acids is 2. The third-order valence-electron chi connectivity index (χ3n) is 4.11. The number of ether oxygens (including phenoxy) is 1. The first-order chi connectivity index (χ1) is 13.5. The molecule has 142 valence electrons. The summed E-state index contributed by atoms with van der Waals surface area (Å²) in [5.41, 5.74) is 7.87. The maximum Gasteiger partial charge on any atom is 0.255 e. The summed E-state index contributed by atoms with van der Waals surface area (Å²) >= 11 is 3.46. The van der Waals surface area contributed by atoms with Crippen LogP contribution in [-0.4, -0.2) is 18.4 Å². The van der Waals surface area contributed by atoms with Gasteiger partial charge in [-0.05, 0) is 64.0 Å². The Kier molecular flexibility index (Phi) is 6.45. The quantitative estimate of drug-likeness (QED) is 0.572. The molecule has 0 aliphatic rings. The summed E-state index contributed by atoms with van der Waals surface area (Å²) in [7, 11) is 0. The molecule has 5 nitrogen and oxygen atoms in total. The van der Waals surface area contributed by atoms with Crippen LogP contribution in [0.2, 0.25) is 0 Å². The third-order valence-corrected chi connectivity index (χ3v) is 4.73. The van der Waals surface area contributed by atoms with E-state index >= 15 is 0 Å².